The van der Waals surface area contributed by atoms with E-state index in [-0.39, 0.29) is 12.2 Å². The summed E-state index contributed by atoms with van der Waals surface area (Å²) < 4.78 is 28.0. The van der Waals surface area contributed by atoms with Crippen molar-refractivity contribution in [1.82, 2.24) is 0 Å². The molecule has 1 rings (SSSR count). The number of benzene rings is 1. The number of carboxylic acid groups (broad SMARTS) is 1. The molecule has 6 heteroatoms. The van der Waals surface area contributed by atoms with Gasteiger partial charge in [-0.2, -0.15) is 8.78 Å². The molecule has 88 valence electrons. The number of carbonyl (C=O) groups is 1. The Morgan fingerprint density at radius 3 is 2.75 bits per heavy atom. The monoisotopic (exact) mass is 231 g/mol. The van der Waals surface area contributed by atoms with Crippen LogP contribution in [0.3, 0.4) is 0 Å². The molecule has 1 aromatic carbocycles. The van der Waals surface area contributed by atoms with Gasteiger partial charge in [0.25, 0.3) is 0 Å². The van der Waals surface area contributed by atoms with E-state index in [0.717, 1.165) is 0 Å². The fraction of sp³-hybridized carbons (Fsp3) is 0.300. The molecule has 0 spiro atoms. The maximum Gasteiger partial charge on any atom is 0.387 e. The molecule has 0 bridgehead atoms. The summed E-state index contributed by atoms with van der Waals surface area (Å²) in [5.41, 5.74) is 6.02. The fourth-order valence-electron chi connectivity index (χ4n) is 1.23. The van der Waals surface area contributed by atoms with E-state index in [4.69, 9.17) is 10.8 Å². The van der Waals surface area contributed by atoms with Crippen molar-refractivity contribution in [2.24, 2.45) is 5.73 Å². The van der Waals surface area contributed by atoms with E-state index in [1.807, 2.05) is 0 Å². The SMILES string of the molecule is NC(CC(=O)O)c1cccc(OC(F)F)c1. The van der Waals surface area contributed by atoms with Crippen molar-refractivity contribution < 1.29 is 23.4 Å². The first kappa shape index (κ1) is 12.4. The number of hydrogen-bond acceptors (Lipinski definition) is 3. The van der Waals surface area contributed by atoms with Crippen LogP contribution in [0.25, 0.3) is 0 Å². The Morgan fingerprint density at radius 2 is 2.19 bits per heavy atom. The number of hydrogen-bond donors (Lipinski definition) is 2. The molecule has 0 aliphatic rings. The third-order valence-corrected chi connectivity index (χ3v) is 1.91. The van der Waals surface area contributed by atoms with Crippen molar-refractivity contribution in [1.29, 1.82) is 0 Å². The van der Waals surface area contributed by atoms with Gasteiger partial charge in [0, 0.05) is 6.04 Å². The van der Waals surface area contributed by atoms with Gasteiger partial charge in [-0.3, -0.25) is 4.79 Å². The highest BCUT2D eigenvalue weighted by molar-refractivity contribution is 5.67. The average molecular weight is 231 g/mol. The Morgan fingerprint density at radius 1 is 1.50 bits per heavy atom. The molecular weight excluding hydrogens is 220 g/mol. The Kier molecular flexibility index (Phi) is 4.19. The van der Waals surface area contributed by atoms with E-state index in [1.54, 1.807) is 6.07 Å². The molecule has 0 fully saturated rings. The van der Waals surface area contributed by atoms with Crippen LogP contribution < -0.4 is 10.5 Å². The first-order valence-corrected chi connectivity index (χ1v) is 4.51. The average Bonchev–Trinajstić information content (AvgIpc) is 2.16. The third-order valence-electron chi connectivity index (χ3n) is 1.91. The van der Waals surface area contributed by atoms with E-state index in [0.29, 0.717) is 5.56 Å². The van der Waals surface area contributed by atoms with Gasteiger partial charge in [-0.15, -0.1) is 0 Å². The van der Waals surface area contributed by atoms with Crippen molar-refractivity contribution >= 4 is 5.97 Å². The van der Waals surface area contributed by atoms with Crippen LogP contribution in [0.1, 0.15) is 18.0 Å². The molecule has 1 unspecified atom stereocenters. The predicted octanol–water partition coefficient (Wildman–Crippen LogP) is 1.76. The Labute approximate surface area is 90.6 Å². The summed E-state index contributed by atoms with van der Waals surface area (Å²) in [4.78, 5) is 10.4. The van der Waals surface area contributed by atoms with Gasteiger partial charge in [0.15, 0.2) is 0 Å². The Balaban J connectivity index is 2.77. The number of halogens is 2. The van der Waals surface area contributed by atoms with Gasteiger partial charge >= 0.3 is 12.6 Å². The minimum atomic E-state index is -2.91. The van der Waals surface area contributed by atoms with E-state index in [2.05, 4.69) is 4.74 Å². The number of ether oxygens (including phenoxy) is 1. The molecule has 3 N–H and O–H groups in total. The van der Waals surface area contributed by atoms with Crippen LogP contribution >= 0.6 is 0 Å². The van der Waals surface area contributed by atoms with Gasteiger partial charge in [0.1, 0.15) is 5.75 Å². The maximum atomic E-state index is 11.9. The van der Waals surface area contributed by atoms with Crippen LogP contribution in [-0.2, 0) is 4.79 Å². The van der Waals surface area contributed by atoms with Crippen molar-refractivity contribution in [3.8, 4) is 5.75 Å². The van der Waals surface area contributed by atoms with Crippen LogP contribution in [0.15, 0.2) is 24.3 Å². The molecule has 0 radical (unpaired) electrons. The van der Waals surface area contributed by atoms with Gasteiger partial charge in [-0.25, -0.2) is 0 Å². The first-order chi connectivity index (χ1) is 7.49. The zero-order valence-corrected chi connectivity index (χ0v) is 8.27. The lowest BCUT2D eigenvalue weighted by molar-refractivity contribution is -0.137. The van der Waals surface area contributed by atoms with E-state index in [1.165, 1.54) is 18.2 Å². The molecule has 0 amide bonds. The first-order valence-electron chi connectivity index (χ1n) is 4.51. The lowest BCUT2D eigenvalue weighted by Crippen LogP contribution is -2.15. The molecule has 0 aliphatic carbocycles. The number of carboxylic acids is 1. The van der Waals surface area contributed by atoms with Gasteiger partial charge in [-0.1, -0.05) is 12.1 Å². The molecule has 0 heterocycles. The van der Waals surface area contributed by atoms with Crippen LogP contribution in [0.4, 0.5) is 8.78 Å². The van der Waals surface area contributed by atoms with Crippen molar-refractivity contribution in [2.45, 2.75) is 19.1 Å². The molecule has 1 atom stereocenters. The second-order valence-electron chi connectivity index (χ2n) is 3.16. The van der Waals surface area contributed by atoms with Crippen molar-refractivity contribution in [3.05, 3.63) is 29.8 Å². The van der Waals surface area contributed by atoms with E-state index in [9.17, 15) is 13.6 Å². The van der Waals surface area contributed by atoms with Gasteiger partial charge < -0.3 is 15.6 Å². The van der Waals surface area contributed by atoms with Gasteiger partial charge in [0.05, 0.1) is 6.42 Å². The molecule has 0 saturated heterocycles. The number of alkyl halides is 2. The predicted molar refractivity (Wildman–Crippen MR) is 52.3 cm³/mol. The molecule has 4 nitrogen and oxygen atoms in total. The molecule has 0 saturated carbocycles. The number of aliphatic carboxylic acids is 1. The Bertz CT molecular complexity index is 371. The second-order valence-corrected chi connectivity index (χ2v) is 3.16. The smallest absolute Gasteiger partial charge is 0.387 e. The summed E-state index contributed by atoms with van der Waals surface area (Å²) in [5.74, 6) is -1.08. The van der Waals surface area contributed by atoms with Crippen LogP contribution in [0.2, 0.25) is 0 Å². The summed E-state index contributed by atoms with van der Waals surface area (Å²) in [7, 11) is 0. The quantitative estimate of drug-likeness (QED) is 0.809. The number of nitrogens with two attached hydrogens (primary N) is 1. The van der Waals surface area contributed by atoms with E-state index < -0.39 is 18.6 Å². The second kappa shape index (κ2) is 5.41. The summed E-state index contributed by atoms with van der Waals surface area (Å²) in [6.07, 6.45) is -0.266. The van der Waals surface area contributed by atoms with Gasteiger partial charge in [-0.05, 0) is 17.7 Å². The minimum Gasteiger partial charge on any atom is -0.481 e. The normalized spacial score (nSPS) is 12.5. The minimum absolute atomic E-state index is 0.0339. The lowest BCUT2D eigenvalue weighted by atomic mass is 10.0. The molecule has 0 aliphatic heterocycles. The molecule has 0 aromatic heterocycles. The zero-order valence-electron chi connectivity index (χ0n) is 8.27. The molecular formula is C10H11F2NO3. The molecule has 16 heavy (non-hydrogen) atoms. The van der Waals surface area contributed by atoms with E-state index >= 15 is 0 Å². The topological polar surface area (TPSA) is 72.6 Å². The largest absolute Gasteiger partial charge is 0.481 e. The highest BCUT2D eigenvalue weighted by Crippen LogP contribution is 2.21. The lowest BCUT2D eigenvalue weighted by Gasteiger charge is -2.11. The van der Waals surface area contributed by atoms with Crippen LogP contribution in [0.5, 0.6) is 5.75 Å². The molecule has 1 aromatic rings. The summed E-state index contributed by atoms with van der Waals surface area (Å²) >= 11 is 0. The maximum absolute atomic E-state index is 11.9. The highest BCUT2D eigenvalue weighted by atomic mass is 19.3. The van der Waals surface area contributed by atoms with Gasteiger partial charge in [0.2, 0.25) is 0 Å². The summed E-state index contributed by atoms with van der Waals surface area (Å²) in [6, 6.07) is 4.96. The van der Waals surface area contributed by atoms with Crippen LogP contribution in [0, 0.1) is 0 Å². The zero-order chi connectivity index (χ0) is 12.1. The summed E-state index contributed by atoms with van der Waals surface area (Å²) in [5, 5.41) is 8.53. The Hall–Kier alpha value is -1.69. The standard InChI is InChI=1S/C10H11F2NO3/c11-10(12)16-7-3-1-2-6(4-7)8(13)5-9(14)15/h1-4,8,10H,5,13H2,(H,14,15). The fourth-order valence-corrected chi connectivity index (χ4v) is 1.23. The highest BCUT2D eigenvalue weighted by Gasteiger charge is 2.12. The number of rotatable bonds is 5. The van der Waals surface area contributed by atoms with Crippen molar-refractivity contribution in [2.75, 3.05) is 0 Å². The summed E-state index contributed by atoms with van der Waals surface area (Å²) in [6.45, 7) is -2.91. The van der Waals surface area contributed by atoms with Crippen LogP contribution in [-0.4, -0.2) is 17.7 Å². The van der Waals surface area contributed by atoms with Crippen molar-refractivity contribution in [3.63, 3.8) is 0 Å². The third kappa shape index (κ3) is 3.82.